The molecular formula is C25H26F2N2O4S2. The lowest BCUT2D eigenvalue weighted by Gasteiger charge is -2.20. The van der Waals surface area contributed by atoms with Gasteiger partial charge in [-0.2, -0.15) is 0 Å². The Morgan fingerprint density at radius 1 is 1.14 bits per heavy atom. The SMILES string of the molecule is COc1ccc2nc(NC(=O)[C@H](C[C@H]3C[C@@H](F)[C@@H](F)C3)c3ccc(S(=O)(=O)C4CC4)cc3)sc2c1. The number of nitrogens with zero attached hydrogens (tertiary/aromatic N) is 1. The molecular weight excluding hydrogens is 494 g/mol. The summed E-state index contributed by atoms with van der Waals surface area (Å²) in [5.74, 6) is -0.644. The maximum Gasteiger partial charge on any atom is 0.233 e. The minimum atomic E-state index is -3.35. The first-order chi connectivity index (χ1) is 16.7. The number of aromatic nitrogens is 1. The van der Waals surface area contributed by atoms with Crippen molar-refractivity contribution in [2.75, 3.05) is 12.4 Å². The predicted octanol–water partition coefficient (Wildman–Crippen LogP) is 5.44. The summed E-state index contributed by atoms with van der Waals surface area (Å²) in [5.41, 5.74) is 1.33. The number of hydrogen-bond donors (Lipinski definition) is 1. The van der Waals surface area contributed by atoms with Gasteiger partial charge in [0, 0.05) is 0 Å². The van der Waals surface area contributed by atoms with Crippen LogP contribution >= 0.6 is 11.3 Å². The fourth-order valence-electron chi connectivity index (χ4n) is 4.69. The van der Waals surface area contributed by atoms with Crippen LogP contribution in [0.3, 0.4) is 0 Å². The number of carbonyl (C=O) groups excluding carboxylic acids is 1. The van der Waals surface area contributed by atoms with Crippen LogP contribution in [-0.4, -0.2) is 44.0 Å². The lowest BCUT2D eigenvalue weighted by Crippen LogP contribution is -2.23. The van der Waals surface area contributed by atoms with Crippen LogP contribution in [0.15, 0.2) is 47.4 Å². The van der Waals surface area contributed by atoms with Gasteiger partial charge in [0.25, 0.3) is 0 Å². The number of nitrogens with one attached hydrogen (secondary N) is 1. The van der Waals surface area contributed by atoms with Crippen molar-refractivity contribution in [1.82, 2.24) is 4.98 Å². The topological polar surface area (TPSA) is 85.4 Å². The molecule has 35 heavy (non-hydrogen) atoms. The molecule has 6 nitrogen and oxygen atoms in total. The van der Waals surface area contributed by atoms with Crippen molar-refractivity contribution < 1.29 is 26.7 Å². The van der Waals surface area contributed by atoms with Gasteiger partial charge in [0.2, 0.25) is 5.91 Å². The van der Waals surface area contributed by atoms with Gasteiger partial charge in [-0.15, -0.1) is 0 Å². The Bertz CT molecular complexity index is 1330. The van der Waals surface area contributed by atoms with Gasteiger partial charge in [-0.25, -0.2) is 22.2 Å². The van der Waals surface area contributed by atoms with Crippen molar-refractivity contribution in [3.8, 4) is 5.75 Å². The summed E-state index contributed by atoms with van der Waals surface area (Å²) in [6, 6.07) is 11.7. The molecule has 2 fully saturated rings. The summed E-state index contributed by atoms with van der Waals surface area (Å²) < 4.78 is 58.9. The third-order valence-corrected chi connectivity index (χ3v) is 10.0. The number of fused-ring (bicyclic) bond motifs is 1. The van der Waals surface area contributed by atoms with Crippen molar-refractivity contribution in [3.05, 3.63) is 48.0 Å². The zero-order chi connectivity index (χ0) is 24.7. The molecule has 3 aromatic rings. The lowest BCUT2D eigenvalue weighted by molar-refractivity contribution is -0.118. The van der Waals surface area contributed by atoms with Gasteiger partial charge >= 0.3 is 0 Å². The van der Waals surface area contributed by atoms with Gasteiger partial charge < -0.3 is 10.1 Å². The summed E-state index contributed by atoms with van der Waals surface area (Å²) in [5, 5.41) is 2.94. The fraction of sp³-hybridized carbons (Fsp3) is 0.440. The molecule has 1 heterocycles. The van der Waals surface area contributed by atoms with E-state index in [4.69, 9.17) is 4.74 Å². The Kier molecular flexibility index (Phi) is 6.52. The van der Waals surface area contributed by atoms with E-state index in [9.17, 15) is 22.0 Å². The Balaban J connectivity index is 1.40. The van der Waals surface area contributed by atoms with E-state index in [1.807, 2.05) is 6.07 Å². The number of carbonyl (C=O) groups is 1. The molecule has 10 heteroatoms. The summed E-state index contributed by atoms with van der Waals surface area (Å²) in [6.07, 6.45) is -1.30. The third-order valence-electron chi connectivity index (χ3n) is 6.79. The first kappa shape index (κ1) is 24.1. The number of sulfone groups is 1. The summed E-state index contributed by atoms with van der Waals surface area (Å²) in [6.45, 7) is 0. The van der Waals surface area contributed by atoms with Crippen LogP contribution in [0.2, 0.25) is 0 Å². The molecule has 0 saturated heterocycles. The number of benzene rings is 2. The second kappa shape index (κ2) is 9.46. The van der Waals surface area contributed by atoms with Crippen LogP contribution in [0.25, 0.3) is 10.2 Å². The number of amides is 1. The van der Waals surface area contributed by atoms with E-state index in [0.717, 1.165) is 4.70 Å². The third kappa shape index (κ3) is 5.04. The highest BCUT2D eigenvalue weighted by Gasteiger charge is 2.38. The maximum atomic E-state index is 13.9. The minimum Gasteiger partial charge on any atom is -0.497 e. The standard InChI is InChI=1S/C25H26F2N2O4S2/c1-33-16-4-9-22-23(13-16)34-25(28-22)29-24(30)19(10-14-11-20(26)21(27)12-14)15-2-5-17(6-3-15)35(31,32)18-7-8-18/h2-6,9,13-14,18-21H,7-8,10-12H2,1H3,(H,28,29,30)/t14-,19-,20+,21-/m1/s1. The molecule has 2 saturated carbocycles. The van der Waals surface area contributed by atoms with Crippen LogP contribution in [0.1, 0.15) is 43.6 Å². The fourth-order valence-corrected chi connectivity index (χ4v) is 7.24. The number of hydrogen-bond acceptors (Lipinski definition) is 6. The zero-order valence-corrected chi connectivity index (χ0v) is 20.7. The molecule has 186 valence electrons. The van der Waals surface area contributed by atoms with Crippen LogP contribution in [0.5, 0.6) is 5.75 Å². The van der Waals surface area contributed by atoms with E-state index < -0.39 is 28.1 Å². The second-order valence-electron chi connectivity index (χ2n) is 9.31. The molecule has 1 N–H and O–H groups in total. The Labute approximate surface area is 206 Å². The molecule has 5 rings (SSSR count). The molecule has 0 radical (unpaired) electrons. The summed E-state index contributed by atoms with van der Waals surface area (Å²) >= 11 is 1.30. The number of anilines is 1. The molecule has 1 amide bonds. The molecule has 2 aliphatic carbocycles. The van der Waals surface area contributed by atoms with E-state index in [-0.39, 0.29) is 41.2 Å². The van der Waals surface area contributed by atoms with Crippen molar-refractivity contribution >= 4 is 42.4 Å². The van der Waals surface area contributed by atoms with Gasteiger partial charge in [-0.05, 0) is 73.9 Å². The van der Waals surface area contributed by atoms with Crippen molar-refractivity contribution in [2.45, 2.75) is 60.5 Å². The molecule has 0 bridgehead atoms. The van der Waals surface area contributed by atoms with Gasteiger partial charge in [-0.3, -0.25) is 4.79 Å². The van der Waals surface area contributed by atoms with E-state index in [2.05, 4.69) is 10.3 Å². The largest absolute Gasteiger partial charge is 0.497 e. The van der Waals surface area contributed by atoms with E-state index in [0.29, 0.717) is 34.8 Å². The van der Waals surface area contributed by atoms with E-state index >= 15 is 0 Å². The molecule has 4 atom stereocenters. The van der Waals surface area contributed by atoms with Crippen LogP contribution in [0.4, 0.5) is 13.9 Å². The highest BCUT2D eigenvalue weighted by Crippen LogP contribution is 2.39. The zero-order valence-electron chi connectivity index (χ0n) is 19.1. The predicted molar refractivity (Wildman–Crippen MR) is 131 cm³/mol. The average Bonchev–Trinajstić information content (AvgIpc) is 3.56. The number of halogens is 2. The number of ether oxygens (including phenoxy) is 1. The molecule has 0 aliphatic heterocycles. The van der Waals surface area contributed by atoms with Crippen molar-refractivity contribution in [2.24, 2.45) is 5.92 Å². The lowest BCUT2D eigenvalue weighted by atomic mass is 9.87. The quantitative estimate of drug-likeness (QED) is 0.428. The summed E-state index contributed by atoms with van der Waals surface area (Å²) in [4.78, 5) is 18.1. The van der Waals surface area contributed by atoms with E-state index in [1.54, 1.807) is 31.4 Å². The first-order valence-electron chi connectivity index (χ1n) is 11.6. The number of alkyl halides is 2. The van der Waals surface area contributed by atoms with Crippen LogP contribution in [0, 0.1) is 5.92 Å². The van der Waals surface area contributed by atoms with Gasteiger partial charge in [0.15, 0.2) is 15.0 Å². The Morgan fingerprint density at radius 2 is 1.83 bits per heavy atom. The van der Waals surface area contributed by atoms with Crippen molar-refractivity contribution in [1.29, 1.82) is 0 Å². The van der Waals surface area contributed by atoms with Crippen LogP contribution in [-0.2, 0) is 14.6 Å². The normalized spacial score (nSPS) is 23.3. The number of rotatable bonds is 8. The number of thiazole rings is 1. The number of methoxy groups -OCH3 is 1. The Morgan fingerprint density at radius 3 is 2.46 bits per heavy atom. The van der Waals surface area contributed by atoms with E-state index in [1.165, 1.54) is 23.5 Å². The van der Waals surface area contributed by atoms with Gasteiger partial charge in [0.1, 0.15) is 18.1 Å². The molecule has 2 aliphatic rings. The molecule has 0 unspecified atom stereocenters. The smallest absolute Gasteiger partial charge is 0.233 e. The maximum absolute atomic E-state index is 13.9. The Hall–Kier alpha value is -2.59. The van der Waals surface area contributed by atoms with Gasteiger partial charge in [0.05, 0.1) is 33.4 Å². The minimum absolute atomic E-state index is 0.0695. The molecule has 1 aromatic heterocycles. The monoisotopic (exact) mass is 520 g/mol. The average molecular weight is 521 g/mol. The highest BCUT2D eigenvalue weighted by molar-refractivity contribution is 7.92. The summed E-state index contributed by atoms with van der Waals surface area (Å²) in [7, 11) is -1.78. The molecule has 2 aromatic carbocycles. The first-order valence-corrected chi connectivity index (χ1v) is 14.0. The van der Waals surface area contributed by atoms with Crippen molar-refractivity contribution in [3.63, 3.8) is 0 Å². The molecule has 0 spiro atoms. The van der Waals surface area contributed by atoms with Gasteiger partial charge in [-0.1, -0.05) is 23.5 Å². The second-order valence-corrected chi connectivity index (χ2v) is 12.6. The van der Waals surface area contributed by atoms with Crippen LogP contribution < -0.4 is 10.1 Å². The highest BCUT2D eigenvalue weighted by atomic mass is 32.2.